The fourth-order valence-electron chi connectivity index (χ4n) is 4.26. The van der Waals surface area contributed by atoms with Crippen molar-refractivity contribution in [3.05, 3.63) is 106 Å². The van der Waals surface area contributed by atoms with Gasteiger partial charge in [0.15, 0.2) is 0 Å². The van der Waals surface area contributed by atoms with E-state index in [4.69, 9.17) is 9.84 Å². The lowest BCUT2D eigenvalue weighted by molar-refractivity contribution is -0.384. The second kappa shape index (κ2) is 10.4. The van der Waals surface area contributed by atoms with Crippen LogP contribution < -0.4 is 10.2 Å². The van der Waals surface area contributed by atoms with Crippen LogP contribution in [0.25, 0.3) is 16.9 Å². The van der Waals surface area contributed by atoms with E-state index in [1.165, 1.54) is 12.1 Å². The summed E-state index contributed by atoms with van der Waals surface area (Å²) in [6.07, 6.45) is 1.90. The molecule has 9 nitrogen and oxygen atoms in total. The van der Waals surface area contributed by atoms with Crippen LogP contribution in [-0.2, 0) is 11.3 Å². The zero-order valence-corrected chi connectivity index (χ0v) is 19.5. The van der Waals surface area contributed by atoms with Gasteiger partial charge in [-0.25, -0.2) is 4.68 Å². The van der Waals surface area contributed by atoms with Crippen molar-refractivity contribution >= 4 is 17.3 Å². The minimum Gasteiger partial charge on any atom is -0.378 e. The molecule has 0 spiro atoms. The van der Waals surface area contributed by atoms with E-state index in [0.29, 0.717) is 32.0 Å². The Morgan fingerprint density at radius 2 is 1.69 bits per heavy atom. The third kappa shape index (κ3) is 4.96. The van der Waals surface area contributed by atoms with Gasteiger partial charge in [0.05, 0.1) is 40.8 Å². The number of rotatable bonds is 7. The van der Waals surface area contributed by atoms with Crippen LogP contribution in [0, 0.1) is 10.1 Å². The molecule has 1 saturated heterocycles. The van der Waals surface area contributed by atoms with Crippen molar-refractivity contribution in [2.75, 3.05) is 31.2 Å². The number of nitro groups is 1. The summed E-state index contributed by atoms with van der Waals surface area (Å²) in [5.74, 6) is -0.383. The summed E-state index contributed by atoms with van der Waals surface area (Å²) >= 11 is 0. The zero-order chi connectivity index (χ0) is 24.9. The number of nitrogens with one attached hydrogen (secondary N) is 1. The number of amides is 1. The topological polar surface area (TPSA) is 103 Å². The van der Waals surface area contributed by atoms with Crippen molar-refractivity contribution in [1.29, 1.82) is 0 Å². The summed E-state index contributed by atoms with van der Waals surface area (Å²) in [5, 5.41) is 19.2. The summed E-state index contributed by atoms with van der Waals surface area (Å²) < 4.78 is 7.21. The van der Waals surface area contributed by atoms with E-state index in [9.17, 15) is 14.9 Å². The van der Waals surface area contributed by atoms with E-state index in [1.807, 2.05) is 71.8 Å². The molecule has 0 unspecified atom stereocenters. The fourth-order valence-corrected chi connectivity index (χ4v) is 4.26. The quantitative estimate of drug-likeness (QED) is 0.312. The average molecular weight is 484 g/mol. The number of anilines is 1. The number of nitro benzene ring substituents is 1. The lowest BCUT2D eigenvalue weighted by atomic mass is 10.1. The molecule has 9 heteroatoms. The van der Waals surface area contributed by atoms with Gasteiger partial charge < -0.3 is 15.0 Å². The molecule has 0 aliphatic carbocycles. The van der Waals surface area contributed by atoms with Gasteiger partial charge in [-0.15, -0.1) is 0 Å². The first-order valence-corrected chi connectivity index (χ1v) is 11.7. The van der Waals surface area contributed by atoms with Crippen molar-refractivity contribution in [3.8, 4) is 16.9 Å². The molecule has 0 bridgehead atoms. The normalized spacial score (nSPS) is 13.4. The Labute approximate surface area is 208 Å². The van der Waals surface area contributed by atoms with Crippen molar-refractivity contribution in [2.24, 2.45) is 0 Å². The molecule has 36 heavy (non-hydrogen) atoms. The first-order chi connectivity index (χ1) is 17.6. The lowest BCUT2D eigenvalue weighted by Gasteiger charge is -2.30. The molecule has 1 fully saturated rings. The van der Waals surface area contributed by atoms with Crippen molar-refractivity contribution in [3.63, 3.8) is 0 Å². The summed E-state index contributed by atoms with van der Waals surface area (Å²) in [6, 6.07) is 23.9. The Morgan fingerprint density at radius 3 is 2.39 bits per heavy atom. The molecule has 3 aromatic carbocycles. The van der Waals surface area contributed by atoms with Crippen LogP contribution in [0.5, 0.6) is 0 Å². The highest BCUT2D eigenvalue weighted by Crippen LogP contribution is 2.27. The number of para-hydroxylation sites is 1. The molecule has 2 heterocycles. The molecule has 1 aliphatic heterocycles. The molecule has 4 aromatic rings. The number of non-ortho nitro benzene ring substituents is 1. The van der Waals surface area contributed by atoms with Crippen LogP contribution in [0.4, 0.5) is 11.4 Å². The van der Waals surface area contributed by atoms with Gasteiger partial charge in [-0.3, -0.25) is 14.9 Å². The monoisotopic (exact) mass is 483 g/mol. The maximum absolute atomic E-state index is 13.4. The molecule has 5 rings (SSSR count). The van der Waals surface area contributed by atoms with Gasteiger partial charge in [0, 0.05) is 49.1 Å². The van der Waals surface area contributed by atoms with E-state index in [1.54, 1.807) is 10.7 Å². The van der Waals surface area contributed by atoms with Crippen LogP contribution >= 0.6 is 0 Å². The largest absolute Gasteiger partial charge is 0.378 e. The highest BCUT2D eigenvalue weighted by atomic mass is 16.6. The molecule has 1 N–H and O–H groups in total. The van der Waals surface area contributed by atoms with E-state index in [-0.39, 0.29) is 23.7 Å². The molecular formula is C27H25N5O4. The Hall–Kier alpha value is -4.50. The third-order valence-electron chi connectivity index (χ3n) is 6.08. The Kier molecular flexibility index (Phi) is 6.72. The number of aromatic nitrogens is 2. The van der Waals surface area contributed by atoms with Crippen LogP contribution in [0.15, 0.2) is 85.1 Å². The van der Waals surface area contributed by atoms with Crippen LogP contribution in [-0.4, -0.2) is 46.9 Å². The molecule has 0 saturated carbocycles. The highest BCUT2D eigenvalue weighted by molar-refractivity contribution is 6.00. The van der Waals surface area contributed by atoms with Gasteiger partial charge in [0.25, 0.3) is 11.6 Å². The van der Waals surface area contributed by atoms with E-state index >= 15 is 0 Å². The van der Waals surface area contributed by atoms with Crippen LogP contribution in [0.1, 0.15) is 15.9 Å². The maximum Gasteiger partial charge on any atom is 0.270 e. The summed E-state index contributed by atoms with van der Waals surface area (Å²) in [7, 11) is 0. The number of benzene rings is 3. The smallest absolute Gasteiger partial charge is 0.270 e. The molecular weight excluding hydrogens is 458 g/mol. The molecule has 0 atom stereocenters. The van der Waals surface area contributed by atoms with Gasteiger partial charge in [0.1, 0.15) is 0 Å². The molecule has 182 valence electrons. The number of morpholine rings is 1. The van der Waals surface area contributed by atoms with Gasteiger partial charge >= 0.3 is 0 Å². The van der Waals surface area contributed by atoms with Crippen molar-refractivity contribution in [2.45, 2.75) is 6.54 Å². The molecule has 1 aliphatic rings. The number of ether oxygens (including phenoxy) is 1. The highest BCUT2D eigenvalue weighted by Gasteiger charge is 2.23. The maximum atomic E-state index is 13.4. The van der Waals surface area contributed by atoms with Gasteiger partial charge in [-0.05, 0) is 18.2 Å². The average Bonchev–Trinajstić information content (AvgIpc) is 3.37. The first-order valence-electron chi connectivity index (χ1n) is 11.7. The molecule has 1 amide bonds. The minimum absolute atomic E-state index is 0.126. The second-order valence-corrected chi connectivity index (χ2v) is 8.39. The second-order valence-electron chi connectivity index (χ2n) is 8.39. The predicted molar refractivity (Wildman–Crippen MR) is 136 cm³/mol. The van der Waals surface area contributed by atoms with Crippen molar-refractivity contribution in [1.82, 2.24) is 15.1 Å². The Balaban J connectivity index is 1.45. The third-order valence-corrected chi connectivity index (χ3v) is 6.08. The lowest BCUT2D eigenvalue weighted by Crippen LogP contribution is -2.38. The predicted octanol–water partition coefficient (Wildman–Crippen LogP) is 4.21. The van der Waals surface area contributed by atoms with Crippen LogP contribution in [0.3, 0.4) is 0 Å². The first kappa shape index (κ1) is 23.3. The minimum atomic E-state index is -0.489. The number of hydrogen-bond acceptors (Lipinski definition) is 6. The van der Waals surface area contributed by atoms with E-state index in [2.05, 4.69) is 5.32 Å². The fraction of sp³-hybridized carbons (Fsp3) is 0.185. The Bertz CT molecular complexity index is 1370. The van der Waals surface area contributed by atoms with Gasteiger partial charge in [0.2, 0.25) is 0 Å². The SMILES string of the molecule is O=C(NCc1cn(-c2ccccc2)nc1-c1ccccc1)c1cc([N+](=O)[O-])ccc1N1CCOCC1. The van der Waals surface area contributed by atoms with Crippen molar-refractivity contribution < 1.29 is 14.5 Å². The zero-order valence-electron chi connectivity index (χ0n) is 19.5. The number of carbonyl (C=O) groups is 1. The number of hydrogen-bond donors (Lipinski definition) is 1. The number of carbonyl (C=O) groups excluding carboxylic acids is 1. The van der Waals surface area contributed by atoms with E-state index in [0.717, 1.165) is 22.5 Å². The van der Waals surface area contributed by atoms with Gasteiger partial charge in [-0.2, -0.15) is 5.10 Å². The molecule has 1 aromatic heterocycles. The Morgan fingerprint density at radius 1 is 1.00 bits per heavy atom. The number of nitrogens with zero attached hydrogens (tertiary/aromatic N) is 4. The van der Waals surface area contributed by atoms with E-state index < -0.39 is 4.92 Å². The molecule has 0 radical (unpaired) electrons. The standard InChI is InChI=1S/C27H25N5O4/c33-27(24-17-23(32(34)35)11-12-25(24)30-13-15-36-16-14-30)28-18-21-19-31(22-9-5-2-6-10-22)29-26(21)20-7-3-1-4-8-20/h1-12,17,19H,13-16,18H2,(H,28,33). The summed E-state index contributed by atoms with van der Waals surface area (Å²) in [5.41, 5.74) is 4.22. The van der Waals surface area contributed by atoms with Gasteiger partial charge in [-0.1, -0.05) is 48.5 Å². The summed E-state index contributed by atoms with van der Waals surface area (Å²) in [4.78, 5) is 26.3. The van der Waals surface area contributed by atoms with Crippen LogP contribution in [0.2, 0.25) is 0 Å². The summed E-state index contributed by atoms with van der Waals surface area (Å²) in [6.45, 7) is 2.51.